The summed E-state index contributed by atoms with van der Waals surface area (Å²) in [7, 11) is 3.83. The highest BCUT2D eigenvalue weighted by Crippen LogP contribution is 2.45. The first-order chi connectivity index (χ1) is 14.3. The lowest BCUT2D eigenvalue weighted by atomic mass is 9.74. The number of aromatic nitrogens is 1. The predicted molar refractivity (Wildman–Crippen MR) is 111 cm³/mol. The molecule has 0 saturated heterocycles. The molecule has 0 atom stereocenters. The summed E-state index contributed by atoms with van der Waals surface area (Å²) in [4.78, 5) is 17.1. The number of hydrogen-bond donors (Lipinski definition) is 2. The first-order valence-electron chi connectivity index (χ1n) is 10.0. The van der Waals surface area contributed by atoms with Crippen LogP contribution in [0.1, 0.15) is 30.7 Å². The van der Waals surface area contributed by atoms with Crippen LogP contribution in [0.2, 0.25) is 0 Å². The summed E-state index contributed by atoms with van der Waals surface area (Å²) < 4.78 is 41.8. The van der Waals surface area contributed by atoms with Crippen molar-refractivity contribution in [2.45, 2.75) is 31.2 Å². The SMILES string of the molecule is CN(C)CCC(=O)N[C@H]1C[C@@H](c2c(-c3ccc(F)cc3)[nH]c3c(F)cc(F)cc32)C1. The quantitative estimate of drug-likeness (QED) is 0.620. The van der Waals surface area contributed by atoms with Crippen molar-refractivity contribution in [1.82, 2.24) is 15.2 Å². The van der Waals surface area contributed by atoms with Gasteiger partial charge in [0.1, 0.15) is 17.5 Å². The minimum Gasteiger partial charge on any atom is -0.353 e. The zero-order chi connectivity index (χ0) is 21.4. The Morgan fingerprint density at radius 2 is 1.80 bits per heavy atom. The molecule has 1 aliphatic carbocycles. The van der Waals surface area contributed by atoms with Gasteiger partial charge in [-0.05, 0) is 74.3 Å². The van der Waals surface area contributed by atoms with E-state index in [4.69, 9.17) is 0 Å². The molecule has 4 rings (SSSR count). The number of nitrogens with zero attached hydrogens (tertiary/aromatic N) is 1. The van der Waals surface area contributed by atoms with Gasteiger partial charge in [-0.2, -0.15) is 0 Å². The average Bonchev–Trinajstić information content (AvgIpc) is 3.02. The van der Waals surface area contributed by atoms with E-state index in [2.05, 4.69) is 10.3 Å². The van der Waals surface area contributed by atoms with Gasteiger partial charge in [-0.15, -0.1) is 0 Å². The van der Waals surface area contributed by atoms with Gasteiger partial charge in [0, 0.05) is 30.5 Å². The maximum Gasteiger partial charge on any atom is 0.221 e. The van der Waals surface area contributed by atoms with Crippen LogP contribution < -0.4 is 5.32 Å². The van der Waals surface area contributed by atoms with Crippen molar-refractivity contribution in [2.24, 2.45) is 0 Å². The fraction of sp³-hybridized carbons (Fsp3) is 0.348. The van der Waals surface area contributed by atoms with Crippen molar-refractivity contribution < 1.29 is 18.0 Å². The summed E-state index contributed by atoms with van der Waals surface area (Å²) in [6, 6.07) is 8.15. The lowest BCUT2D eigenvalue weighted by molar-refractivity contribution is -0.122. The van der Waals surface area contributed by atoms with Crippen LogP contribution in [0.3, 0.4) is 0 Å². The molecule has 0 spiro atoms. The van der Waals surface area contributed by atoms with Crippen LogP contribution in [0.5, 0.6) is 0 Å². The van der Waals surface area contributed by atoms with Crippen molar-refractivity contribution in [3.8, 4) is 11.3 Å². The maximum atomic E-state index is 14.4. The van der Waals surface area contributed by atoms with E-state index >= 15 is 0 Å². The molecule has 0 unspecified atom stereocenters. The Kier molecular flexibility index (Phi) is 5.56. The van der Waals surface area contributed by atoms with Gasteiger partial charge in [-0.25, -0.2) is 13.2 Å². The highest BCUT2D eigenvalue weighted by molar-refractivity contribution is 5.92. The number of benzene rings is 2. The topological polar surface area (TPSA) is 48.1 Å². The van der Waals surface area contributed by atoms with Crippen molar-refractivity contribution in [1.29, 1.82) is 0 Å². The fourth-order valence-electron chi connectivity index (χ4n) is 4.10. The van der Waals surface area contributed by atoms with Gasteiger partial charge < -0.3 is 15.2 Å². The zero-order valence-corrected chi connectivity index (χ0v) is 16.9. The molecule has 2 aromatic carbocycles. The second-order valence-corrected chi connectivity index (χ2v) is 8.22. The Labute approximate surface area is 173 Å². The van der Waals surface area contributed by atoms with Gasteiger partial charge >= 0.3 is 0 Å². The normalized spacial score (nSPS) is 18.6. The fourth-order valence-corrected chi connectivity index (χ4v) is 4.10. The van der Waals surface area contributed by atoms with Crippen molar-refractivity contribution in [2.75, 3.05) is 20.6 Å². The third-order valence-corrected chi connectivity index (χ3v) is 5.69. The summed E-state index contributed by atoms with van der Waals surface area (Å²) in [6.45, 7) is 0.678. The number of fused-ring (bicyclic) bond motifs is 1. The Morgan fingerprint density at radius 1 is 1.10 bits per heavy atom. The summed E-state index contributed by atoms with van der Waals surface area (Å²) in [5.74, 6) is -1.62. The van der Waals surface area contributed by atoms with Crippen LogP contribution in [-0.2, 0) is 4.79 Å². The molecular weight excluding hydrogens is 391 g/mol. The minimum atomic E-state index is -0.660. The van der Waals surface area contributed by atoms with Gasteiger partial charge in [0.2, 0.25) is 5.91 Å². The smallest absolute Gasteiger partial charge is 0.221 e. The molecule has 30 heavy (non-hydrogen) atoms. The van der Waals surface area contributed by atoms with Crippen LogP contribution in [-0.4, -0.2) is 42.5 Å². The maximum absolute atomic E-state index is 14.4. The van der Waals surface area contributed by atoms with Crippen LogP contribution >= 0.6 is 0 Å². The summed E-state index contributed by atoms with van der Waals surface area (Å²) in [5, 5.41) is 3.52. The summed E-state index contributed by atoms with van der Waals surface area (Å²) in [5.41, 5.74) is 2.43. The number of H-pyrrole nitrogens is 1. The molecule has 1 aliphatic rings. The van der Waals surface area contributed by atoms with E-state index in [1.807, 2.05) is 19.0 Å². The molecule has 7 heteroatoms. The van der Waals surface area contributed by atoms with E-state index in [0.717, 1.165) is 11.6 Å². The van der Waals surface area contributed by atoms with Gasteiger partial charge in [0.25, 0.3) is 0 Å². The van der Waals surface area contributed by atoms with Crippen LogP contribution in [0, 0.1) is 17.5 Å². The van der Waals surface area contributed by atoms with E-state index in [0.29, 0.717) is 42.5 Å². The Balaban J connectivity index is 1.61. The summed E-state index contributed by atoms with van der Waals surface area (Å²) in [6.07, 6.45) is 1.80. The standard InChI is InChI=1S/C23H24F3N3O/c1-29(2)8-7-20(30)27-17-9-14(10-17)21-18-11-16(25)12-19(26)23(18)28-22(21)13-3-5-15(24)6-4-13/h3-6,11-12,14,17,28H,7-10H2,1-2H3,(H,27,30)/t14-,17+. The van der Waals surface area contributed by atoms with Gasteiger partial charge in [-0.3, -0.25) is 4.79 Å². The molecule has 1 heterocycles. The van der Waals surface area contributed by atoms with Crippen molar-refractivity contribution in [3.63, 3.8) is 0 Å². The van der Waals surface area contributed by atoms with Gasteiger partial charge in [-0.1, -0.05) is 0 Å². The van der Waals surface area contributed by atoms with Crippen LogP contribution in [0.4, 0.5) is 13.2 Å². The molecule has 158 valence electrons. The first-order valence-corrected chi connectivity index (χ1v) is 10.0. The van der Waals surface area contributed by atoms with E-state index in [1.54, 1.807) is 12.1 Å². The highest BCUT2D eigenvalue weighted by Gasteiger charge is 2.35. The molecule has 1 aromatic heterocycles. The summed E-state index contributed by atoms with van der Waals surface area (Å²) >= 11 is 0. The molecule has 0 radical (unpaired) electrons. The lowest BCUT2D eigenvalue weighted by Crippen LogP contribution is -2.44. The molecule has 3 aromatic rings. The molecule has 2 N–H and O–H groups in total. The number of carbonyl (C=O) groups excluding carboxylic acids is 1. The third-order valence-electron chi connectivity index (χ3n) is 5.69. The predicted octanol–water partition coefficient (Wildman–Crippen LogP) is 4.57. The minimum absolute atomic E-state index is 0.00178. The third kappa shape index (κ3) is 4.07. The van der Waals surface area contributed by atoms with E-state index in [9.17, 15) is 18.0 Å². The molecule has 1 amide bonds. The molecule has 1 fully saturated rings. The van der Waals surface area contributed by atoms with Crippen LogP contribution in [0.15, 0.2) is 36.4 Å². The molecule has 4 nitrogen and oxygen atoms in total. The number of hydrogen-bond acceptors (Lipinski definition) is 2. The monoisotopic (exact) mass is 415 g/mol. The Hall–Kier alpha value is -2.80. The lowest BCUT2D eigenvalue weighted by Gasteiger charge is -2.36. The van der Waals surface area contributed by atoms with Crippen molar-refractivity contribution in [3.05, 3.63) is 59.4 Å². The Morgan fingerprint density at radius 3 is 2.47 bits per heavy atom. The number of halogens is 3. The second kappa shape index (κ2) is 8.14. The average molecular weight is 415 g/mol. The number of nitrogens with one attached hydrogen (secondary N) is 2. The number of rotatable bonds is 6. The van der Waals surface area contributed by atoms with E-state index in [-0.39, 0.29) is 29.2 Å². The molecule has 0 bridgehead atoms. The largest absolute Gasteiger partial charge is 0.353 e. The number of carbonyl (C=O) groups is 1. The number of amides is 1. The number of aromatic amines is 1. The van der Waals surface area contributed by atoms with E-state index in [1.165, 1.54) is 18.2 Å². The van der Waals surface area contributed by atoms with Gasteiger partial charge in [0.05, 0.1) is 11.2 Å². The Bertz CT molecular complexity index is 1070. The van der Waals surface area contributed by atoms with Crippen molar-refractivity contribution >= 4 is 16.8 Å². The zero-order valence-electron chi connectivity index (χ0n) is 16.9. The molecular formula is C23H24F3N3O. The highest BCUT2D eigenvalue weighted by atomic mass is 19.1. The van der Waals surface area contributed by atoms with Crippen LogP contribution in [0.25, 0.3) is 22.2 Å². The second-order valence-electron chi connectivity index (χ2n) is 8.22. The first kappa shape index (κ1) is 20.5. The van der Waals surface area contributed by atoms with Gasteiger partial charge in [0.15, 0.2) is 0 Å². The van der Waals surface area contributed by atoms with E-state index < -0.39 is 11.6 Å². The molecule has 1 saturated carbocycles. The molecule has 0 aliphatic heterocycles.